The Balaban J connectivity index is 1.97. The topological polar surface area (TPSA) is 24.7 Å². The molecule has 1 heterocycles. The average molecular weight is 150 g/mol. The molecule has 0 spiro atoms. The lowest BCUT2D eigenvalue weighted by Crippen LogP contribution is -2.14. The zero-order valence-electron chi connectivity index (χ0n) is 6.79. The van der Waals surface area contributed by atoms with Gasteiger partial charge in [0, 0.05) is 12.1 Å². The van der Waals surface area contributed by atoms with Crippen LogP contribution in [0.25, 0.3) is 0 Å². The maximum absolute atomic E-state index is 4.35. The van der Waals surface area contributed by atoms with Crippen LogP contribution in [0.4, 0.5) is 0 Å². The SMILES string of the molecule is C1=NC(C2CCCCC2)=NC1. The van der Waals surface area contributed by atoms with Gasteiger partial charge in [0.1, 0.15) is 5.84 Å². The van der Waals surface area contributed by atoms with Gasteiger partial charge in [-0.15, -0.1) is 0 Å². The summed E-state index contributed by atoms with van der Waals surface area (Å²) < 4.78 is 0. The molecule has 1 fully saturated rings. The maximum atomic E-state index is 4.35. The van der Waals surface area contributed by atoms with Crippen molar-refractivity contribution in [1.29, 1.82) is 0 Å². The van der Waals surface area contributed by atoms with Crippen LogP contribution < -0.4 is 0 Å². The van der Waals surface area contributed by atoms with Crippen LogP contribution in [0.15, 0.2) is 9.98 Å². The number of aliphatic imine (C=N–C) groups is 2. The third kappa shape index (κ3) is 1.50. The molecular weight excluding hydrogens is 136 g/mol. The molecule has 0 amide bonds. The summed E-state index contributed by atoms with van der Waals surface area (Å²) in [5, 5.41) is 0. The molecule has 0 atom stereocenters. The molecule has 0 aromatic heterocycles. The van der Waals surface area contributed by atoms with E-state index >= 15 is 0 Å². The van der Waals surface area contributed by atoms with E-state index in [4.69, 9.17) is 0 Å². The molecule has 0 aromatic rings. The Kier molecular flexibility index (Phi) is 2.01. The normalized spacial score (nSPS) is 25.6. The fraction of sp³-hybridized carbons (Fsp3) is 0.778. The molecule has 2 aliphatic rings. The minimum absolute atomic E-state index is 0.697. The van der Waals surface area contributed by atoms with Gasteiger partial charge in [-0.2, -0.15) is 0 Å². The van der Waals surface area contributed by atoms with E-state index in [1.807, 2.05) is 6.21 Å². The predicted molar refractivity (Wildman–Crippen MR) is 47.4 cm³/mol. The van der Waals surface area contributed by atoms with E-state index in [-0.39, 0.29) is 0 Å². The third-order valence-electron chi connectivity index (χ3n) is 2.53. The largest absolute Gasteiger partial charge is 0.264 e. The van der Waals surface area contributed by atoms with Crippen molar-refractivity contribution in [3.05, 3.63) is 0 Å². The maximum Gasteiger partial charge on any atom is 0.126 e. The highest BCUT2D eigenvalue weighted by molar-refractivity contribution is 5.96. The lowest BCUT2D eigenvalue weighted by Gasteiger charge is -2.19. The number of rotatable bonds is 1. The Morgan fingerprint density at radius 1 is 1.18 bits per heavy atom. The fourth-order valence-electron chi connectivity index (χ4n) is 1.90. The molecule has 60 valence electrons. The first-order valence-electron chi connectivity index (χ1n) is 4.54. The number of amidine groups is 1. The van der Waals surface area contributed by atoms with Gasteiger partial charge in [-0.25, -0.2) is 4.99 Å². The minimum Gasteiger partial charge on any atom is -0.264 e. The van der Waals surface area contributed by atoms with Crippen molar-refractivity contribution in [2.24, 2.45) is 15.9 Å². The molecule has 11 heavy (non-hydrogen) atoms. The second-order valence-corrected chi connectivity index (χ2v) is 3.35. The molecule has 2 heteroatoms. The van der Waals surface area contributed by atoms with Gasteiger partial charge in [0.15, 0.2) is 0 Å². The highest BCUT2D eigenvalue weighted by Crippen LogP contribution is 2.25. The van der Waals surface area contributed by atoms with Crippen molar-refractivity contribution >= 4 is 12.1 Å². The minimum atomic E-state index is 0.697. The van der Waals surface area contributed by atoms with E-state index in [2.05, 4.69) is 9.98 Å². The summed E-state index contributed by atoms with van der Waals surface area (Å²) in [6, 6.07) is 0. The first-order chi connectivity index (χ1) is 5.47. The van der Waals surface area contributed by atoms with Crippen molar-refractivity contribution < 1.29 is 0 Å². The van der Waals surface area contributed by atoms with Gasteiger partial charge >= 0.3 is 0 Å². The summed E-state index contributed by atoms with van der Waals surface area (Å²) in [5.41, 5.74) is 0. The zero-order chi connectivity index (χ0) is 7.52. The lowest BCUT2D eigenvalue weighted by atomic mass is 9.88. The van der Waals surface area contributed by atoms with Gasteiger partial charge in [0.25, 0.3) is 0 Å². The smallest absolute Gasteiger partial charge is 0.126 e. The van der Waals surface area contributed by atoms with Crippen LogP contribution in [0.2, 0.25) is 0 Å². The van der Waals surface area contributed by atoms with Gasteiger partial charge in [-0.1, -0.05) is 19.3 Å². The summed E-state index contributed by atoms with van der Waals surface area (Å²) in [7, 11) is 0. The van der Waals surface area contributed by atoms with Gasteiger partial charge in [-0.05, 0) is 12.8 Å². The summed E-state index contributed by atoms with van der Waals surface area (Å²) >= 11 is 0. The Morgan fingerprint density at radius 2 is 2.00 bits per heavy atom. The van der Waals surface area contributed by atoms with Crippen LogP contribution in [-0.2, 0) is 0 Å². The highest BCUT2D eigenvalue weighted by atomic mass is 15.0. The van der Waals surface area contributed by atoms with Crippen molar-refractivity contribution in [3.8, 4) is 0 Å². The first kappa shape index (κ1) is 7.01. The molecule has 2 rings (SSSR count). The standard InChI is InChI=1S/C9H14N2/c1-2-4-8(5-3-1)9-10-6-7-11-9/h6,8H,1-5,7H2. The summed E-state index contributed by atoms with van der Waals surface area (Å²) in [5.74, 6) is 1.83. The molecule has 0 N–H and O–H groups in total. The summed E-state index contributed by atoms with van der Waals surface area (Å²) in [6.07, 6.45) is 8.71. The Labute approximate surface area is 67.4 Å². The highest BCUT2D eigenvalue weighted by Gasteiger charge is 2.19. The van der Waals surface area contributed by atoms with Crippen molar-refractivity contribution in [2.75, 3.05) is 6.54 Å². The quantitative estimate of drug-likeness (QED) is 0.546. The van der Waals surface area contributed by atoms with E-state index in [1.54, 1.807) is 0 Å². The van der Waals surface area contributed by atoms with Crippen molar-refractivity contribution in [2.45, 2.75) is 32.1 Å². The molecular formula is C9H14N2. The molecule has 0 saturated heterocycles. The van der Waals surface area contributed by atoms with Crippen LogP contribution in [0.3, 0.4) is 0 Å². The number of hydrogen-bond acceptors (Lipinski definition) is 2. The molecule has 0 aromatic carbocycles. The van der Waals surface area contributed by atoms with E-state index in [0.717, 1.165) is 12.4 Å². The Hall–Kier alpha value is -0.660. The Bertz CT molecular complexity index is 188. The van der Waals surface area contributed by atoms with E-state index < -0.39 is 0 Å². The molecule has 0 unspecified atom stereocenters. The van der Waals surface area contributed by atoms with E-state index in [9.17, 15) is 0 Å². The van der Waals surface area contributed by atoms with E-state index in [1.165, 1.54) is 32.1 Å². The van der Waals surface area contributed by atoms with Crippen molar-refractivity contribution in [1.82, 2.24) is 0 Å². The first-order valence-corrected chi connectivity index (χ1v) is 4.54. The Morgan fingerprint density at radius 3 is 2.64 bits per heavy atom. The molecule has 1 saturated carbocycles. The summed E-state index contributed by atoms with van der Waals surface area (Å²) in [4.78, 5) is 8.64. The molecule has 0 radical (unpaired) electrons. The monoisotopic (exact) mass is 150 g/mol. The van der Waals surface area contributed by atoms with Crippen LogP contribution in [-0.4, -0.2) is 18.6 Å². The third-order valence-corrected chi connectivity index (χ3v) is 2.53. The molecule has 1 aliphatic carbocycles. The van der Waals surface area contributed by atoms with Gasteiger partial charge in [0.05, 0.1) is 6.54 Å². The number of hydrogen-bond donors (Lipinski definition) is 0. The number of nitrogens with zero attached hydrogens (tertiary/aromatic N) is 2. The van der Waals surface area contributed by atoms with Crippen LogP contribution >= 0.6 is 0 Å². The zero-order valence-corrected chi connectivity index (χ0v) is 6.79. The fourth-order valence-corrected chi connectivity index (χ4v) is 1.90. The lowest BCUT2D eigenvalue weighted by molar-refractivity contribution is 0.437. The van der Waals surface area contributed by atoms with E-state index in [0.29, 0.717) is 5.92 Å². The second kappa shape index (κ2) is 3.16. The molecule has 0 bridgehead atoms. The van der Waals surface area contributed by atoms with Gasteiger partial charge in [-0.3, -0.25) is 4.99 Å². The van der Waals surface area contributed by atoms with Crippen molar-refractivity contribution in [3.63, 3.8) is 0 Å². The average Bonchev–Trinajstić information content (AvgIpc) is 2.58. The predicted octanol–water partition coefficient (Wildman–Crippen LogP) is 2.05. The molecule has 2 nitrogen and oxygen atoms in total. The van der Waals surface area contributed by atoms with Crippen LogP contribution in [0, 0.1) is 5.92 Å². The second-order valence-electron chi connectivity index (χ2n) is 3.35. The summed E-state index contributed by atoms with van der Waals surface area (Å²) in [6.45, 7) is 0.825. The van der Waals surface area contributed by atoms with Gasteiger partial charge < -0.3 is 0 Å². The molecule has 1 aliphatic heterocycles. The van der Waals surface area contributed by atoms with Crippen LogP contribution in [0.5, 0.6) is 0 Å². The van der Waals surface area contributed by atoms with Crippen LogP contribution in [0.1, 0.15) is 32.1 Å². The van der Waals surface area contributed by atoms with Gasteiger partial charge in [0.2, 0.25) is 0 Å².